The third-order valence-corrected chi connectivity index (χ3v) is 3.53. The fourth-order valence-electron chi connectivity index (χ4n) is 2.06. The van der Waals surface area contributed by atoms with Gasteiger partial charge in [-0.25, -0.2) is 4.98 Å². The van der Waals surface area contributed by atoms with Gasteiger partial charge in [0.25, 0.3) is 0 Å². The predicted molar refractivity (Wildman–Crippen MR) is 76.3 cm³/mol. The molecule has 0 radical (unpaired) electrons. The molecule has 1 atom stereocenters. The molecule has 0 bridgehead atoms. The number of hydrogen-bond donors (Lipinski definition) is 1. The van der Waals surface area contributed by atoms with E-state index in [9.17, 15) is 4.79 Å². The van der Waals surface area contributed by atoms with Gasteiger partial charge in [0.1, 0.15) is 11.0 Å². The summed E-state index contributed by atoms with van der Waals surface area (Å²) in [6.07, 6.45) is 3.20. The van der Waals surface area contributed by atoms with Gasteiger partial charge in [0, 0.05) is 12.1 Å². The van der Waals surface area contributed by atoms with Gasteiger partial charge in [-0.05, 0) is 19.3 Å². The van der Waals surface area contributed by atoms with Crippen molar-refractivity contribution in [3.63, 3.8) is 0 Å². The normalized spacial score (nSPS) is 12.6. The van der Waals surface area contributed by atoms with Gasteiger partial charge in [0.15, 0.2) is 11.9 Å². The number of fused-ring (bicyclic) bond motifs is 1. The van der Waals surface area contributed by atoms with Gasteiger partial charge < -0.3 is 5.32 Å². The van der Waals surface area contributed by atoms with Crippen molar-refractivity contribution >= 4 is 29.4 Å². The summed E-state index contributed by atoms with van der Waals surface area (Å²) in [6, 6.07) is 0. The first kappa shape index (κ1) is 13.8. The van der Waals surface area contributed by atoms with Gasteiger partial charge >= 0.3 is 0 Å². The Labute approximate surface area is 117 Å². The molecule has 5 nitrogen and oxygen atoms in total. The van der Waals surface area contributed by atoms with Crippen LogP contribution in [0.3, 0.4) is 0 Å². The van der Waals surface area contributed by atoms with Crippen molar-refractivity contribution in [3.05, 3.63) is 22.5 Å². The quantitative estimate of drug-likeness (QED) is 0.675. The van der Waals surface area contributed by atoms with Crippen LogP contribution in [0.5, 0.6) is 0 Å². The largest absolute Gasteiger partial charge is 0.370 e. The van der Waals surface area contributed by atoms with E-state index in [2.05, 4.69) is 29.2 Å². The summed E-state index contributed by atoms with van der Waals surface area (Å²) < 4.78 is 1.65. The van der Waals surface area contributed by atoms with Crippen molar-refractivity contribution in [1.29, 1.82) is 0 Å². The Morgan fingerprint density at radius 2 is 2.26 bits per heavy atom. The molecule has 0 aliphatic heterocycles. The number of carbonyl (C=O) groups is 1. The van der Waals surface area contributed by atoms with Crippen molar-refractivity contribution in [2.75, 3.05) is 11.9 Å². The third-order valence-electron chi connectivity index (χ3n) is 3.24. The topological polar surface area (TPSA) is 59.3 Å². The van der Waals surface area contributed by atoms with Crippen LogP contribution in [0.4, 0.5) is 5.82 Å². The second-order valence-corrected chi connectivity index (χ2v) is 4.82. The van der Waals surface area contributed by atoms with Crippen LogP contribution in [0, 0.1) is 0 Å². The highest BCUT2D eigenvalue weighted by atomic mass is 35.5. The van der Waals surface area contributed by atoms with Crippen LogP contribution in [-0.4, -0.2) is 27.4 Å². The van der Waals surface area contributed by atoms with Crippen molar-refractivity contribution in [2.45, 2.75) is 33.1 Å². The van der Waals surface area contributed by atoms with Crippen LogP contribution in [0.2, 0.25) is 5.15 Å². The summed E-state index contributed by atoms with van der Waals surface area (Å²) in [5, 5.41) is 7.93. The van der Waals surface area contributed by atoms with Crippen LogP contribution in [0.1, 0.15) is 49.0 Å². The Morgan fingerprint density at radius 3 is 2.84 bits per heavy atom. The van der Waals surface area contributed by atoms with E-state index in [1.807, 2.05) is 6.92 Å². The molecule has 0 aliphatic rings. The Morgan fingerprint density at radius 1 is 1.53 bits per heavy atom. The zero-order chi connectivity index (χ0) is 14.0. The minimum atomic E-state index is 0.266. The molecule has 0 saturated heterocycles. The highest BCUT2D eigenvalue weighted by Crippen LogP contribution is 2.33. The molecule has 0 aromatic carbocycles. The SMILES string of the molecule is CCNc1c(C(C)CC)c(Cl)nc2c(C=O)cnn12. The molecule has 0 fully saturated rings. The first-order valence-corrected chi connectivity index (χ1v) is 6.77. The highest BCUT2D eigenvalue weighted by Gasteiger charge is 2.20. The van der Waals surface area contributed by atoms with Crippen LogP contribution in [0.25, 0.3) is 5.65 Å². The number of nitrogens with zero attached hydrogens (tertiary/aromatic N) is 3. The van der Waals surface area contributed by atoms with Gasteiger partial charge in [0.05, 0.1) is 11.8 Å². The van der Waals surface area contributed by atoms with E-state index < -0.39 is 0 Å². The smallest absolute Gasteiger partial charge is 0.169 e. The summed E-state index contributed by atoms with van der Waals surface area (Å²) in [4.78, 5) is 15.3. The fraction of sp³-hybridized carbons (Fsp3) is 0.462. The summed E-state index contributed by atoms with van der Waals surface area (Å²) in [6.45, 7) is 6.94. The predicted octanol–water partition coefficient (Wildman–Crippen LogP) is 3.14. The average Bonchev–Trinajstić information content (AvgIpc) is 2.81. The lowest BCUT2D eigenvalue weighted by Crippen LogP contribution is -2.11. The van der Waals surface area contributed by atoms with Crippen LogP contribution >= 0.6 is 11.6 Å². The number of aromatic nitrogens is 3. The van der Waals surface area contributed by atoms with E-state index in [1.165, 1.54) is 6.20 Å². The van der Waals surface area contributed by atoms with Crippen LogP contribution < -0.4 is 5.32 Å². The fourth-order valence-corrected chi connectivity index (χ4v) is 2.41. The maximum atomic E-state index is 11.0. The molecule has 19 heavy (non-hydrogen) atoms. The van der Waals surface area contributed by atoms with E-state index in [1.54, 1.807) is 4.52 Å². The number of rotatable bonds is 5. The summed E-state index contributed by atoms with van der Waals surface area (Å²) in [7, 11) is 0. The highest BCUT2D eigenvalue weighted by molar-refractivity contribution is 6.30. The lowest BCUT2D eigenvalue weighted by atomic mass is 10.0. The number of carbonyl (C=O) groups excluding carboxylic acids is 1. The van der Waals surface area contributed by atoms with E-state index >= 15 is 0 Å². The van der Waals surface area contributed by atoms with Gasteiger partial charge in [0.2, 0.25) is 0 Å². The molecule has 6 heteroatoms. The number of nitrogens with one attached hydrogen (secondary N) is 1. The first-order chi connectivity index (χ1) is 9.13. The van der Waals surface area contributed by atoms with Crippen LogP contribution in [-0.2, 0) is 0 Å². The maximum absolute atomic E-state index is 11.0. The average molecular weight is 281 g/mol. The number of anilines is 1. The Bertz CT molecular complexity index is 608. The molecular formula is C13H17ClN4O. The Balaban J connectivity index is 2.77. The van der Waals surface area contributed by atoms with Gasteiger partial charge in [-0.1, -0.05) is 25.4 Å². The summed E-state index contributed by atoms with van der Waals surface area (Å²) in [5.74, 6) is 1.09. The molecule has 102 valence electrons. The van der Waals surface area contributed by atoms with Gasteiger partial charge in [-0.15, -0.1) is 0 Å². The molecule has 1 unspecified atom stereocenters. The van der Waals surface area contributed by atoms with Crippen molar-refractivity contribution < 1.29 is 4.79 Å². The number of aldehydes is 1. The number of halogens is 1. The molecule has 2 heterocycles. The minimum absolute atomic E-state index is 0.266. The van der Waals surface area contributed by atoms with Gasteiger partial charge in [-0.2, -0.15) is 9.61 Å². The lowest BCUT2D eigenvalue weighted by molar-refractivity contribution is 0.112. The van der Waals surface area contributed by atoms with E-state index in [0.29, 0.717) is 16.4 Å². The van der Waals surface area contributed by atoms with E-state index in [0.717, 1.165) is 30.6 Å². The van der Waals surface area contributed by atoms with Crippen molar-refractivity contribution in [1.82, 2.24) is 14.6 Å². The minimum Gasteiger partial charge on any atom is -0.370 e. The first-order valence-electron chi connectivity index (χ1n) is 6.40. The van der Waals surface area contributed by atoms with Gasteiger partial charge in [-0.3, -0.25) is 4.79 Å². The second-order valence-electron chi connectivity index (χ2n) is 4.46. The maximum Gasteiger partial charge on any atom is 0.169 e. The molecule has 0 saturated carbocycles. The zero-order valence-corrected chi connectivity index (χ0v) is 12.0. The van der Waals surface area contributed by atoms with Crippen molar-refractivity contribution in [3.8, 4) is 0 Å². The van der Waals surface area contributed by atoms with E-state index in [4.69, 9.17) is 11.6 Å². The zero-order valence-electron chi connectivity index (χ0n) is 11.3. The lowest BCUT2D eigenvalue weighted by Gasteiger charge is -2.18. The third kappa shape index (κ3) is 2.30. The summed E-state index contributed by atoms with van der Waals surface area (Å²) >= 11 is 6.30. The molecular weight excluding hydrogens is 264 g/mol. The monoisotopic (exact) mass is 280 g/mol. The standard InChI is InChI=1S/C13H17ClN4O/c1-4-8(3)10-11(14)17-12-9(7-19)6-16-18(12)13(10)15-5-2/h6-8,15H,4-5H2,1-3H3. The Hall–Kier alpha value is -1.62. The molecule has 2 rings (SSSR count). The molecule has 0 amide bonds. The summed E-state index contributed by atoms with van der Waals surface area (Å²) in [5.41, 5.74) is 1.87. The van der Waals surface area contributed by atoms with E-state index in [-0.39, 0.29) is 5.92 Å². The number of hydrogen-bond acceptors (Lipinski definition) is 4. The molecule has 2 aromatic heterocycles. The van der Waals surface area contributed by atoms with Crippen LogP contribution in [0.15, 0.2) is 6.20 Å². The Kier molecular flexibility index (Phi) is 4.04. The van der Waals surface area contributed by atoms with Crippen molar-refractivity contribution in [2.24, 2.45) is 0 Å². The molecule has 0 aliphatic carbocycles. The molecule has 2 aromatic rings. The second kappa shape index (κ2) is 5.57. The molecule has 0 spiro atoms. The molecule has 1 N–H and O–H groups in total.